The van der Waals surface area contributed by atoms with Crippen LogP contribution in [0.2, 0.25) is 0 Å². The molecule has 0 aromatic heterocycles. The topological polar surface area (TPSA) is 55.8 Å². The van der Waals surface area contributed by atoms with Crippen LogP contribution in [0.25, 0.3) is 0 Å². The Morgan fingerprint density at radius 1 is 1.28 bits per heavy atom. The molecule has 1 N–H and O–H groups in total. The largest absolute Gasteiger partial charge is 0.493 e. The fraction of sp³-hybridized carbons (Fsp3) is 0.500. The summed E-state index contributed by atoms with van der Waals surface area (Å²) in [6.07, 6.45) is -0.0598. The Balaban J connectivity index is 3.05. The third-order valence-electron chi connectivity index (χ3n) is 2.93. The summed E-state index contributed by atoms with van der Waals surface area (Å²) in [6.45, 7) is 8.13. The van der Waals surface area contributed by atoms with E-state index in [0.29, 0.717) is 11.5 Å². The summed E-state index contributed by atoms with van der Waals surface area (Å²) < 4.78 is 11.0. The molecule has 0 bridgehead atoms. The van der Waals surface area contributed by atoms with Crippen molar-refractivity contribution < 1.29 is 19.4 Å². The minimum atomic E-state index is -0.981. The standard InChI is InChI=1S/C14H20O4/c1-9(14(2,3)4)18-12-8-10(13(15)16)6-7-11(12)17-5/h6-9H,1-5H3,(H,15,16). The SMILES string of the molecule is COc1ccc(C(=O)O)cc1OC(C)C(C)(C)C. The van der Waals surface area contributed by atoms with Crippen LogP contribution < -0.4 is 9.47 Å². The number of methoxy groups -OCH3 is 1. The number of carboxylic acid groups (broad SMARTS) is 1. The van der Waals surface area contributed by atoms with E-state index in [9.17, 15) is 4.79 Å². The lowest BCUT2D eigenvalue weighted by Crippen LogP contribution is -2.29. The van der Waals surface area contributed by atoms with Gasteiger partial charge in [-0.05, 0) is 30.5 Å². The minimum absolute atomic E-state index is 0.0375. The van der Waals surface area contributed by atoms with Crippen molar-refractivity contribution in [3.05, 3.63) is 23.8 Å². The van der Waals surface area contributed by atoms with E-state index >= 15 is 0 Å². The maximum Gasteiger partial charge on any atom is 0.335 e. The van der Waals surface area contributed by atoms with Gasteiger partial charge >= 0.3 is 5.97 Å². The van der Waals surface area contributed by atoms with Gasteiger partial charge in [-0.2, -0.15) is 0 Å². The zero-order chi connectivity index (χ0) is 13.9. The van der Waals surface area contributed by atoms with Crippen LogP contribution in [-0.4, -0.2) is 24.3 Å². The van der Waals surface area contributed by atoms with Gasteiger partial charge in [-0.25, -0.2) is 4.79 Å². The lowest BCUT2D eigenvalue weighted by molar-refractivity contribution is 0.0694. The highest BCUT2D eigenvalue weighted by atomic mass is 16.5. The van der Waals surface area contributed by atoms with Crippen LogP contribution in [0.4, 0.5) is 0 Å². The summed E-state index contributed by atoms with van der Waals surface area (Å²) in [4.78, 5) is 10.9. The van der Waals surface area contributed by atoms with Crippen LogP contribution in [-0.2, 0) is 0 Å². The molecule has 0 fully saturated rings. The first-order valence-electron chi connectivity index (χ1n) is 5.83. The Hall–Kier alpha value is -1.71. The number of benzene rings is 1. The summed E-state index contributed by atoms with van der Waals surface area (Å²) in [5.74, 6) is 0.0156. The molecule has 1 aromatic rings. The van der Waals surface area contributed by atoms with E-state index in [1.165, 1.54) is 19.2 Å². The van der Waals surface area contributed by atoms with Crippen LogP contribution >= 0.6 is 0 Å². The average Bonchev–Trinajstić information content (AvgIpc) is 2.27. The van der Waals surface area contributed by atoms with Gasteiger partial charge in [0, 0.05) is 0 Å². The van der Waals surface area contributed by atoms with Crippen molar-refractivity contribution >= 4 is 5.97 Å². The third kappa shape index (κ3) is 3.39. The molecular weight excluding hydrogens is 232 g/mol. The number of aromatic carboxylic acids is 1. The summed E-state index contributed by atoms with van der Waals surface area (Å²) in [6, 6.07) is 4.59. The molecule has 4 nitrogen and oxygen atoms in total. The predicted molar refractivity (Wildman–Crippen MR) is 69.5 cm³/mol. The van der Waals surface area contributed by atoms with Gasteiger partial charge < -0.3 is 14.6 Å². The van der Waals surface area contributed by atoms with E-state index in [1.807, 2.05) is 6.92 Å². The van der Waals surface area contributed by atoms with Crippen LogP contribution in [0.3, 0.4) is 0 Å². The normalized spacial score (nSPS) is 12.9. The highest BCUT2D eigenvalue weighted by Gasteiger charge is 2.23. The zero-order valence-electron chi connectivity index (χ0n) is 11.5. The number of hydrogen-bond acceptors (Lipinski definition) is 3. The molecule has 1 unspecified atom stereocenters. The zero-order valence-corrected chi connectivity index (χ0v) is 11.5. The van der Waals surface area contributed by atoms with E-state index < -0.39 is 5.97 Å². The molecule has 0 aliphatic heterocycles. The van der Waals surface area contributed by atoms with E-state index in [2.05, 4.69) is 20.8 Å². The maximum atomic E-state index is 10.9. The fourth-order valence-electron chi connectivity index (χ4n) is 1.27. The first-order valence-corrected chi connectivity index (χ1v) is 5.83. The second-order valence-electron chi connectivity index (χ2n) is 5.30. The molecule has 1 atom stereocenters. The molecule has 18 heavy (non-hydrogen) atoms. The van der Waals surface area contributed by atoms with Crippen molar-refractivity contribution in [2.45, 2.75) is 33.8 Å². The van der Waals surface area contributed by atoms with Crippen molar-refractivity contribution in [1.29, 1.82) is 0 Å². The summed E-state index contributed by atoms with van der Waals surface area (Å²) in [5.41, 5.74) is 0.149. The fourth-order valence-corrected chi connectivity index (χ4v) is 1.27. The van der Waals surface area contributed by atoms with Crippen LogP contribution in [0.5, 0.6) is 11.5 Å². The number of carbonyl (C=O) groups is 1. The van der Waals surface area contributed by atoms with E-state index in [0.717, 1.165) is 0 Å². The summed E-state index contributed by atoms with van der Waals surface area (Å²) in [5, 5.41) is 8.97. The van der Waals surface area contributed by atoms with Gasteiger partial charge in [0.15, 0.2) is 11.5 Å². The van der Waals surface area contributed by atoms with Crippen molar-refractivity contribution in [2.75, 3.05) is 7.11 Å². The second-order valence-corrected chi connectivity index (χ2v) is 5.30. The minimum Gasteiger partial charge on any atom is -0.493 e. The van der Waals surface area contributed by atoms with E-state index in [4.69, 9.17) is 14.6 Å². The smallest absolute Gasteiger partial charge is 0.335 e. The third-order valence-corrected chi connectivity index (χ3v) is 2.93. The lowest BCUT2D eigenvalue weighted by Gasteiger charge is -2.28. The van der Waals surface area contributed by atoms with Crippen LogP contribution in [0.1, 0.15) is 38.1 Å². The highest BCUT2D eigenvalue weighted by molar-refractivity contribution is 5.88. The van der Waals surface area contributed by atoms with Crippen molar-refractivity contribution in [3.63, 3.8) is 0 Å². The van der Waals surface area contributed by atoms with Crippen LogP contribution in [0, 0.1) is 5.41 Å². The highest BCUT2D eigenvalue weighted by Crippen LogP contribution is 2.32. The molecular formula is C14H20O4. The van der Waals surface area contributed by atoms with Gasteiger partial charge in [-0.1, -0.05) is 20.8 Å². The number of rotatable bonds is 4. The number of hydrogen-bond donors (Lipinski definition) is 1. The van der Waals surface area contributed by atoms with Gasteiger partial charge in [0.2, 0.25) is 0 Å². The predicted octanol–water partition coefficient (Wildman–Crippen LogP) is 3.21. The van der Waals surface area contributed by atoms with Gasteiger partial charge in [0.1, 0.15) is 6.10 Å². The molecule has 0 saturated heterocycles. The lowest BCUT2D eigenvalue weighted by atomic mass is 9.90. The average molecular weight is 252 g/mol. The molecule has 0 aliphatic carbocycles. The number of carboxylic acids is 1. The molecule has 0 amide bonds. The maximum absolute atomic E-state index is 10.9. The van der Waals surface area contributed by atoms with E-state index in [-0.39, 0.29) is 17.1 Å². The Bertz CT molecular complexity index is 432. The Morgan fingerprint density at radius 2 is 1.89 bits per heavy atom. The quantitative estimate of drug-likeness (QED) is 0.894. The Kier molecular flexibility index (Phi) is 4.22. The number of ether oxygens (including phenoxy) is 2. The van der Waals surface area contributed by atoms with Crippen molar-refractivity contribution in [1.82, 2.24) is 0 Å². The first kappa shape index (κ1) is 14.4. The van der Waals surface area contributed by atoms with Crippen LogP contribution in [0.15, 0.2) is 18.2 Å². The molecule has 0 spiro atoms. The Morgan fingerprint density at radius 3 is 2.33 bits per heavy atom. The molecule has 0 saturated carbocycles. The van der Waals surface area contributed by atoms with Gasteiger partial charge in [0.05, 0.1) is 12.7 Å². The summed E-state index contributed by atoms with van der Waals surface area (Å²) >= 11 is 0. The van der Waals surface area contributed by atoms with E-state index in [1.54, 1.807) is 6.07 Å². The monoisotopic (exact) mass is 252 g/mol. The Labute approximate surface area is 108 Å². The molecule has 0 radical (unpaired) electrons. The molecule has 100 valence electrons. The van der Waals surface area contributed by atoms with Gasteiger partial charge in [-0.15, -0.1) is 0 Å². The summed E-state index contributed by atoms with van der Waals surface area (Å²) in [7, 11) is 1.53. The first-order chi connectivity index (χ1) is 8.25. The van der Waals surface area contributed by atoms with Crippen molar-refractivity contribution in [2.24, 2.45) is 5.41 Å². The molecule has 1 aromatic carbocycles. The van der Waals surface area contributed by atoms with Gasteiger partial charge in [-0.3, -0.25) is 0 Å². The molecule has 0 heterocycles. The molecule has 0 aliphatic rings. The second kappa shape index (κ2) is 5.29. The van der Waals surface area contributed by atoms with Crippen molar-refractivity contribution in [3.8, 4) is 11.5 Å². The molecule has 4 heteroatoms. The van der Waals surface area contributed by atoms with Gasteiger partial charge in [0.25, 0.3) is 0 Å². The molecule has 1 rings (SSSR count).